The van der Waals surface area contributed by atoms with Crippen molar-refractivity contribution in [2.45, 2.75) is 25.8 Å². The zero-order valence-corrected chi connectivity index (χ0v) is 11.3. The molecule has 2 aromatic rings. The van der Waals surface area contributed by atoms with E-state index in [2.05, 4.69) is 35.0 Å². The number of nitrogens with two attached hydrogens (primary N) is 1. The molecule has 2 nitrogen and oxygen atoms in total. The summed E-state index contributed by atoms with van der Waals surface area (Å²) < 4.78 is 1.38. The van der Waals surface area contributed by atoms with Gasteiger partial charge in [-0.15, -0.1) is 11.3 Å². The highest BCUT2D eigenvalue weighted by Crippen LogP contribution is 2.25. The first kappa shape index (κ1) is 12.6. The van der Waals surface area contributed by atoms with Gasteiger partial charge < -0.3 is 11.1 Å². The van der Waals surface area contributed by atoms with Gasteiger partial charge in [-0.25, -0.2) is 0 Å². The van der Waals surface area contributed by atoms with E-state index in [0.29, 0.717) is 0 Å². The lowest BCUT2D eigenvalue weighted by Gasteiger charge is -2.18. The van der Waals surface area contributed by atoms with E-state index in [1.807, 2.05) is 25.2 Å². The Morgan fingerprint density at radius 2 is 2.06 bits per heavy atom. The first-order valence-corrected chi connectivity index (χ1v) is 6.89. The molecule has 0 fully saturated rings. The Labute approximate surface area is 107 Å². The molecule has 3 N–H and O–H groups in total. The summed E-state index contributed by atoms with van der Waals surface area (Å²) in [5.41, 5.74) is 7.23. The van der Waals surface area contributed by atoms with Crippen LogP contribution in [0.4, 0.5) is 0 Å². The van der Waals surface area contributed by atoms with Crippen molar-refractivity contribution < 1.29 is 0 Å². The molecule has 0 bridgehead atoms. The van der Waals surface area contributed by atoms with Crippen LogP contribution in [0.2, 0.25) is 0 Å². The maximum Gasteiger partial charge on any atom is 0.0345 e. The Morgan fingerprint density at radius 1 is 1.29 bits per heavy atom. The van der Waals surface area contributed by atoms with Gasteiger partial charge >= 0.3 is 0 Å². The van der Waals surface area contributed by atoms with Crippen molar-refractivity contribution in [3.8, 4) is 0 Å². The molecule has 92 valence electrons. The van der Waals surface area contributed by atoms with Crippen LogP contribution in [-0.4, -0.2) is 18.6 Å². The smallest absolute Gasteiger partial charge is 0.0345 e. The molecule has 0 spiro atoms. The lowest BCUT2D eigenvalue weighted by molar-refractivity contribution is 0.469. The van der Waals surface area contributed by atoms with Gasteiger partial charge in [0, 0.05) is 16.8 Å². The Morgan fingerprint density at radius 3 is 2.82 bits per heavy atom. The SMILES string of the molecule is CC(C)(N)CNCCc1csc2ccccc12. The second-order valence-electron chi connectivity index (χ2n) is 5.17. The summed E-state index contributed by atoms with van der Waals surface area (Å²) in [5, 5.41) is 7.07. The topological polar surface area (TPSA) is 38.0 Å². The highest BCUT2D eigenvalue weighted by atomic mass is 32.1. The van der Waals surface area contributed by atoms with Crippen LogP contribution in [0.3, 0.4) is 0 Å². The third-order valence-corrected chi connectivity index (χ3v) is 3.73. The van der Waals surface area contributed by atoms with Crippen molar-refractivity contribution in [2.75, 3.05) is 13.1 Å². The predicted molar refractivity (Wildman–Crippen MR) is 76.7 cm³/mol. The minimum Gasteiger partial charge on any atom is -0.324 e. The number of benzene rings is 1. The number of nitrogens with one attached hydrogen (secondary N) is 1. The fourth-order valence-electron chi connectivity index (χ4n) is 1.86. The van der Waals surface area contributed by atoms with Crippen molar-refractivity contribution in [3.63, 3.8) is 0 Å². The average molecular weight is 248 g/mol. The van der Waals surface area contributed by atoms with Gasteiger partial charge in [0.15, 0.2) is 0 Å². The molecular formula is C14H20N2S. The summed E-state index contributed by atoms with van der Waals surface area (Å²) >= 11 is 1.83. The van der Waals surface area contributed by atoms with E-state index in [0.717, 1.165) is 19.5 Å². The third-order valence-electron chi connectivity index (χ3n) is 2.71. The average Bonchev–Trinajstić information content (AvgIpc) is 2.67. The van der Waals surface area contributed by atoms with E-state index < -0.39 is 0 Å². The van der Waals surface area contributed by atoms with Crippen molar-refractivity contribution in [1.82, 2.24) is 5.32 Å². The van der Waals surface area contributed by atoms with Crippen molar-refractivity contribution in [1.29, 1.82) is 0 Å². The Bertz CT molecular complexity index is 482. The minimum absolute atomic E-state index is 0.128. The van der Waals surface area contributed by atoms with Crippen LogP contribution in [0.1, 0.15) is 19.4 Å². The van der Waals surface area contributed by atoms with Crippen LogP contribution < -0.4 is 11.1 Å². The molecule has 0 aliphatic carbocycles. The summed E-state index contributed by atoms with van der Waals surface area (Å²) in [4.78, 5) is 0. The van der Waals surface area contributed by atoms with E-state index in [9.17, 15) is 0 Å². The number of hydrogen-bond acceptors (Lipinski definition) is 3. The van der Waals surface area contributed by atoms with E-state index >= 15 is 0 Å². The van der Waals surface area contributed by atoms with Gasteiger partial charge in [-0.3, -0.25) is 0 Å². The molecule has 0 radical (unpaired) electrons. The van der Waals surface area contributed by atoms with Crippen LogP contribution in [0.5, 0.6) is 0 Å². The van der Waals surface area contributed by atoms with Gasteiger partial charge in [-0.05, 0) is 49.2 Å². The molecule has 0 saturated heterocycles. The van der Waals surface area contributed by atoms with Gasteiger partial charge in [0.1, 0.15) is 0 Å². The molecule has 0 aliphatic heterocycles. The monoisotopic (exact) mass is 248 g/mol. The van der Waals surface area contributed by atoms with Crippen molar-refractivity contribution in [2.24, 2.45) is 5.73 Å². The Hall–Kier alpha value is -0.900. The number of hydrogen-bond donors (Lipinski definition) is 2. The molecule has 3 heteroatoms. The first-order valence-electron chi connectivity index (χ1n) is 6.01. The summed E-state index contributed by atoms with van der Waals surface area (Å²) in [6.45, 7) is 5.93. The van der Waals surface area contributed by atoms with E-state index in [4.69, 9.17) is 5.73 Å². The van der Waals surface area contributed by atoms with Crippen LogP contribution in [-0.2, 0) is 6.42 Å². The summed E-state index contributed by atoms with van der Waals surface area (Å²) in [7, 11) is 0. The molecule has 2 rings (SSSR count). The fourth-order valence-corrected chi connectivity index (χ4v) is 2.86. The van der Waals surface area contributed by atoms with Gasteiger partial charge in [0.2, 0.25) is 0 Å². The maximum absolute atomic E-state index is 5.93. The summed E-state index contributed by atoms with van der Waals surface area (Å²) in [6.07, 6.45) is 1.07. The van der Waals surface area contributed by atoms with Gasteiger partial charge in [0.05, 0.1) is 0 Å². The standard InChI is InChI=1S/C14H20N2S/c1-14(2,15)10-16-8-7-11-9-17-13-6-4-3-5-12(11)13/h3-6,9,16H,7-8,10,15H2,1-2H3. The van der Waals surface area contributed by atoms with Crippen molar-refractivity contribution in [3.05, 3.63) is 35.2 Å². The largest absolute Gasteiger partial charge is 0.324 e. The van der Waals surface area contributed by atoms with E-state index in [1.54, 1.807) is 0 Å². The first-order chi connectivity index (χ1) is 8.06. The van der Waals surface area contributed by atoms with Crippen LogP contribution in [0, 0.1) is 0 Å². The molecule has 17 heavy (non-hydrogen) atoms. The lowest BCUT2D eigenvalue weighted by Crippen LogP contribution is -2.43. The molecule has 1 aromatic heterocycles. The molecule has 1 heterocycles. The highest BCUT2D eigenvalue weighted by molar-refractivity contribution is 7.17. The van der Waals surface area contributed by atoms with Crippen LogP contribution >= 0.6 is 11.3 Å². The summed E-state index contributed by atoms with van der Waals surface area (Å²) in [6, 6.07) is 8.58. The van der Waals surface area contributed by atoms with Gasteiger partial charge in [0.25, 0.3) is 0 Å². The zero-order chi connectivity index (χ0) is 12.3. The molecule has 0 saturated carbocycles. The molecule has 1 aromatic carbocycles. The van der Waals surface area contributed by atoms with Crippen molar-refractivity contribution >= 4 is 21.4 Å². The molecular weight excluding hydrogens is 228 g/mol. The van der Waals surface area contributed by atoms with Gasteiger partial charge in [-0.1, -0.05) is 18.2 Å². The normalized spacial score (nSPS) is 12.2. The third kappa shape index (κ3) is 3.53. The van der Waals surface area contributed by atoms with Crippen LogP contribution in [0.15, 0.2) is 29.6 Å². The maximum atomic E-state index is 5.93. The molecule has 0 unspecified atom stereocenters. The number of rotatable bonds is 5. The zero-order valence-electron chi connectivity index (χ0n) is 10.5. The molecule has 0 aliphatic rings. The second kappa shape index (κ2) is 5.17. The van der Waals surface area contributed by atoms with E-state index in [1.165, 1.54) is 15.6 Å². The summed E-state index contributed by atoms with van der Waals surface area (Å²) in [5.74, 6) is 0. The Balaban J connectivity index is 1.91. The number of fused-ring (bicyclic) bond motifs is 1. The Kier molecular flexibility index (Phi) is 3.82. The number of thiophene rings is 1. The quantitative estimate of drug-likeness (QED) is 0.799. The minimum atomic E-state index is -0.128. The fraction of sp³-hybridized carbons (Fsp3) is 0.429. The second-order valence-corrected chi connectivity index (χ2v) is 6.08. The molecule has 0 atom stereocenters. The lowest BCUT2D eigenvalue weighted by atomic mass is 10.1. The van der Waals surface area contributed by atoms with Gasteiger partial charge in [-0.2, -0.15) is 0 Å². The highest BCUT2D eigenvalue weighted by Gasteiger charge is 2.09. The van der Waals surface area contributed by atoms with E-state index in [-0.39, 0.29) is 5.54 Å². The molecule has 0 amide bonds. The van der Waals surface area contributed by atoms with Crippen LogP contribution in [0.25, 0.3) is 10.1 Å². The predicted octanol–water partition coefficient (Wildman–Crippen LogP) is 2.77.